The predicted molar refractivity (Wildman–Crippen MR) is 61.8 cm³/mol. The van der Waals surface area contributed by atoms with Gasteiger partial charge in [-0.15, -0.1) is 0 Å². The van der Waals surface area contributed by atoms with E-state index < -0.39 is 12.2 Å². The van der Waals surface area contributed by atoms with E-state index in [4.69, 9.17) is 5.73 Å². The number of hydrogen-bond acceptors (Lipinski definition) is 3. The van der Waals surface area contributed by atoms with Crippen molar-refractivity contribution in [2.24, 2.45) is 5.73 Å². The van der Waals surface area contributed by atoms with Crippen molar-refractivity contribution in [2.75, 3.05) is 32.7 Å². The Morgan fingerprint density at radius 1 is 1.06 bits per heavy atom. The van der Waals surface area contributed by atoms with Crippen LogP contribution in [0.15, 0.2) is 0 Å². The summed E-state index contributed by atoms with van der Waals surface area (Å²) in [6.45, 7) is 6.57. The molecule has 1 aliphatic rings. The summed E-state index contributed by atoms with van der Waals surface area (Å²) < 4.78 is 38.5. The summed E-state index contributed by atoms with van der Waals surface area (Å²) >= 11 is 0. The molecule has 0 bridgehead atoms. The van der Waals surface area contributed by atoms with Crippen molar-refractivity contribution in [3.8, 4) is 0 Å². The van der Waals surface area contributed by atoms with E-state index >= 15 is 0 Å². The molecule has 1 aliphatic heterocycles. The van der Waals surface area contributed by atoms with E-state index in [2.05, 4.69) is 18.7 Å². The van der Waals surface area contributed by atoms with Crippen molar-refractivity contribution in [1.29, 1.82) is 0 Å². The van der Waals surface area contributed by atoms with Gasteiger partial charge in [0.25, 0.3) is 0 Å². The van der Waals surface area contributed by atoms with E-state index in [1.807, 2.05) is 0 Å². The van der Waals surface area contributed by atoms with Gasteiger partial charge in [-0.05, 0) is 26.8 Å². The summed E-state index contributed by atoms with van der Waals surface area (Å²) in [5, 5.41) is 0. The van der Waals surface area contributed by atoms with Gasteiger partial charge in [0.1, 0.15) is 6.04 Å². The molecule has 3 nitrogen and oxygen atoms in total. The topological polar surface area (TPSA) is 32.5 Å². The molecule has 1 heterocycles. The van der Waals surface area contributed by atoms with Gasteiger partial charge in [-0.1, -0.05) is 0 Å². The summed E-state index contributed by atoms with van der Waals surface area (Å²) in [5.41, 5.74) is 5.27. The van der Waals surface area contributed by atoms with Gasteiger partial charge in [-0.2, -0.15) is 13.2 Å². The van der Waals surface area contributed by atoms with Crippen molar-refractivity contribution >= 4 is 0 Å². The quantitative estimate of drug-likeness (QED) is 0.819. The van der Waals surface area contributed by atoms with E-state index in [-0.39, 0.29) is 13.0 Å². The number of halogens is 3. The van der Waals surface area contributed by atoms with Crippen molar-refractivity contribution < 1.29 is 13.2 Å². The molecule has 2 N–H and O–H groups in total. The number of piperazine rings is 1. The van der Waals surface area contributed by atoms with E-state index in [1.165, 1.54) is 4.90 Å². The van der Waals surface area contributed by atoms with E-state index in [0.29, 0.717) is 32.2 Å². The Kier molecular flexibility index (Phi) is 5.22. The minimum atomic E-state index is -4.17. The predicted octanol–water partition coefficient (Wildman–Crippen LogP) is 1.29. The standard InChI is InChI=1S/C11H22F3N3/c1-9(2)16-5-7-17(8-6-16)10(3-4-15)11(12,13)14/h9-10H,3-8,15H2,1-2H3. The third-order valence-corrected chi connectivity index (χ3v) is 3.34. The largest absolute Gasteiger partial charge is 0.404 e. The summed E-state index contributed by atoms with van der Waals surface area (Å²) in [6.07, 6.45) is -4.18. The molecule has 0 saturated carbocycles. The first-order chi connectivity index (χ1) is 7.86. The molecule has 0 aromatic carbocycles. The highest BCUT2D eigenvalue weighted by Gasteiger charge is 2.43. The molecule has 0 aromatic heterocycles. The molecule has 17 heavy (non-hydrogen) atoms. The molecule has 102 valence electrons. The highest BCUT2D eigenvalue weighted by atomic mass is 19.4. The van der Waals surface area contributed by atoms with Gasteiger partial charge in [0.2, 0.25) is 0 Å². The molecule has 1 unspecified atom stereocenters. The first-order valence-corrected chi connectivity index (χ1v) is 6.11. The maximum Gasteiger partial charge on any atom is 0.404 e. The molecule has 6 heteroatoms. The lowest BCUT2D eigenvalue weighted by atomic mass is 10.1. The van der Waals surface area contributed by atoms with Gasteiger partial charge in [-0.3, -0.25) is 9.80 Å². The monoisotopic (exact) mass is 253 g/mol. The third-order valence-electron chi connectivity index (χ3n) is 3.34. The lowest BCUT2D eigenvalue weighted by molar-refractivity contribution is -0.189. The highest BCUT2D eigenvalue weighted by molar-refractivity contribution is 4.84. The average molecular weight is 253 g/mol. The Morgan fingerprint density at radius 3 is 1.88 bits per heavy atom. The Balaban J connectivity index is 2.55. The minimum Gasteiger partial charge on any atom is -0.330 e. The van der Waals surface area contributed by atoms with Crippen LogP contribution >= 0.6 is 0 Å². The molecule has 0 spiro atoms. The molecule has 0 amide bonds. The Bertz CT molecular complexity index is 222. The number of hydrogen-bond donors (Lipinski definition) is 1. The number of nitrogens with zero attached hydrogens (tertiary/aromatic N) is 2. The van der Waals surface area contributed by atoms with Crippen LogP contribution in [0.2, 0.25) is 0 Å². The third kappa shape index (κ3) is 4.12. The van der Waals surface area contributed by atoms with Crippen LogP contribution in [-0.4, -0.2) is 60.8 Å². The summed E-state index contributed by atoms with van der Waals surface area (Å²) in [4.78, 5) is 3.72. The van der Waals surface area contributed by atoms with E-state index in [0.717, 1.165) is 0 Å². The first-order valence-electron chi connectivity index (χ1n) is 6.11. The van der Waals surface area contributed by atoms with Gasteiger partial charge in [0.15, 0.2) is 0 Å². The van der Waals surface area contributed by atoms with Gasteiger partial charge < -0.3 is 5.73 Å². The van der Waals surface area contributed by atoms with Gasteiger partial charge in [0, 0.05) is 32.2 Å². The fourth-order valence-corrected chi connectivity index (χ4v) is 2.28. The molecule has 0 radical (unpaired) electrons. The molecular weight excluding hydrogens is 231 g/mol. The average Bonchev–Trinajstić information content (AvgIpc) is 2.24. The molecule has 1 rings (SSSR count). The fourth-order valence-electron chi connectivity index (χ4n) is 2.28. The van der Waals surface area contributed by atoms with Crippen molar-refractivity contribution in [3.05, 3.63) is 0 Å². The highest BCUT2D eigenvalue weighted by Crippen LogP contribution is 2.27. The molecule has 0 aliphatic carbocycles. The second-order valence-electron chi connectivity index (χ2n) is 4.80. The maximum absolute atomic E-state index is 12.8. The van der Waals surface area contributed by atoms with Gasteiger partial charge in [0.05, 0.1) is 0 Å². The van der Waals surface area contributed by atoms with Crippen molar-refractivity contribution in [1.82, 2.24) is 9.80 Å². The van der Waals surface area contributed by atoms with Crippen LogP contribution in [-0.2, 0) is 0 Å². The second kappa shape index (κ2) is 6.02. The number of rotatable bonds is 4. The fraction of sp³-hybridized carbons (Fsp3) is 1.00. The minimum absolute atomic E-state index is 0.00875. The Morgan fingerprint density at radius 2 is 1.53 bits per heavy atom. The molecule has 1 atom stereocenters. The maximum atomic E-state index is 12.8. The molecule has 0 aromatic rings. The zero-order valence-corrected chi connectivity index (χ0v) is 10.5. The van der Waals surface area contributed by atoms with Crippen LogP contribution in [0.25, 0.3) is 0 Å². The SMILES string of the molecule is CC(C)N1CCN(C(CCN)C(F)(F)F)CC1. The second-order valence-corrected chi connectivity index (χ2v) is 4.80. The Labute approximate surface area is 101 Å². The zero-order chi connectivity index (χ0) is 13.1. The van der Waals surface area contributed by atoms with Gasteiger partial charge in [-0.25, -0.2) is 0 Å². The lowest BCUT2D eigenvalue weighted by Crippen LogP contribution is -2.56. The normalized spacial score (nSPS) is 22.1. The van der Waals surface area contributed by atoms with Crippen molar-refractivity contribution in [3.63, 3.8) is 0 Å². The Hall–Kier alpha value is -0.330. The van der Waals surface area contributed by atoms with Crippen LogP contribution in [0, 0.1) is 0 Å². The summed E-state index contributed by atoms with van der Waals surface area (Å²) in [7, 11) is 0. The first kappa shape index (κ1) is 14.7. The van der Waals surface area contributed by atoms with Crippen LogP contribution in [0.3, 0.4) is 0 Å². The van der Waals surface area contributed by atoms with E-state index in [1.54, 1.807) is 0 Å². The number of nitrogens with two attached hydrogens (primary N) is 1. The smallest absolute Gasteiger partial charge is 0.330 e. The number of alkyl halides is 3. The van der Waals surface area contributed by atoms with Crippen LogP contribution in [0.5, 0.6) is 0 Å². The lowest BCUT2D eigenvalue weighted by Gasteiger charge is -2.41. The van der Waals surface area contributed by atoms with E-state index in [9.17, 15) is 13.2 Å². The van der Waals surface area contributed by atoms with Crippen LogP contribution in [0.1, 0.15) is 20.3 Å². The summed E-state index contributed by atoms with van der Waals surface area (Å²) in [5.74, 6) is 0. The molecular formula is C11H22F3N3. The van der Waals surface area contributed by atoms with Crippen molar-refractivity contribution in [2.45, 2.75) is 38.5 Å². The van der Waals surface area contributed by atoms with Gasteiger partial charge >= 0.3 is 6.18 Å². The molecule has 1 saturated heterocycles. The van der Waals surface area contributed by atoms with Crippen LogP contribution in [0.4, 0.5) is 13.2 Å². The molecule has 1 fully saturated rings. The summed E-state index contributed by atoms with van der Waals surface area (Å²) in [6, 6.07) is -0.974. The zero-order valence-electron chi connectivity index (χ0n) is 10.5. The van der Waals surface area contributed by atoms with Crippen LogP contribution < -0.4 is 5.73 Å².